The molecule has 4 heteroatoms. The van der Waals surface area contributed by atoms with Gasteiger partial charge in [0.2, 0.25) is 0 Å². The molecule has 2 aromatic carbocycles. The van der Waals surface area contributed by atoms with Gasteiger partial charge >= 0.3 is 0 Å². The lowest BCUT2D eigenvalue weighted by molar-refractivity contribution is -0.137. The molecule has 24 heavy (non-hydrogen) atoms. The molecule has 0 saturated heterocycles. The lowest BCUT2D eigenvalue weighted by Gasteiger charge is -2.29. The first-order chi connectivity index (χ1) is 11.6. The lowest BCUT2D eigenvalue weighted by Crippen LogP contribution is -2.47. The fourth-order valence-electron chi connectivity index (χ4n) is 3.39. The van der Waals surface area contributed by atoms with Gasteiger partial charge in [0.15, 0.2) is 5.60 Å². The number of amides is 1. The Hall–Kier alpha value is -2.17. The summed E-state index contributed by atoms with van der Waals surface area (Å²) in [5.74, 6) is -0.399. The van der Waals surface area contributed by atoms with Crippen LogP contribution in [0.3, 0.4) is 0 Å². The van der Waals surface area contributed by atoms with Gasteiger partial charge in [0.05, 0.1) is 6.10 Å². The van der Waals surface area contributed by atoms with Gasteiger partial charge in [0.1, 0.15) is 0 Å². The van der Waals surface area contributed by atoms with Crippen molar-refractivity contribution in [3.05, 3.63) is 71.8 Å². The van der Waals surface area contributed by atoms with Crippen LogP contribution < -0.4 is 5.32 Å². The van der Waals surface area contributed by atoms with Gasteiger partial charge in [-0.15, -0.1) is 0 Å². The molecule has 0 aliphatic heterocycles. The molecule has 2 aromatic rings. The first kappa shape index (κ1) is 16.7. The van der Waals surface area contributed by atoms with Crippen molar-refractivity contribution in [2.45, 2.75) is 31.0 Å². The van der Waals surface area contributed by atoms with Gasteiger partial charge in [-0.05, 0) is 24.0 Å². The molecule has 1 aliphatic rings. The molecule has 3 rings (SSSR count). The first-order valence-corrected chi connectivity index (χ1v) is 8.42. The molecule has 0 heterocycles. The molecule has 1 amide bonds. The van der Waals surface area contributed by atoms with Crippen LogP contribution in [0.2, 0.25) is 0 Å². The van der Waals surface area contributed by atoms with Crippen molar-refractivity contribution in [1.82, 2.24) is 5.32 Å². The highest BCUT2D eigenvalue weighted by Gasteiger charge is 2.40. The molecule has 1 saturated carbocycles. The van der Waals surface area contributed by atoms with E-state index in [0.29, 0.717) is 17.7 Å². The SMILES string of the molecule is O=C(NC[C@@H]1CCC[C@@H]1O)C(O)(c1ccccc1)c1ccccc1. The second-order valence-corrected chi connectivity index (χ2v) is 6.41. The summed E-state index contributed by atoms with van der Waals surface area (Å²) in [7, 11) is 0. The number of hydrogen-bond acceptors (Lipinski definition) is 3. The third-order valence-electron chi connectivity index (χ3n) is 4.86. The summed E-state index contributed by atoms with van der Waals surface area (Å²) in [5, 5.41) is 24.1. The van der Waals surface area contributed by atoms with E-state index in [-0.39, 0.29) is 12.0 Å². The Labute approximate surface area is 142 Å². The van der Waals surface area contributed by atoms with Crippen LogP contribution in [0.5, 0.6) is 0 Å². The maximum atomic E-state index is 12.9. The summed E-state index contributed by atoms with van der Waals surface area (Å²) < 4.78 is 0. The van der Waals surface area contributed by atoms with Crippen LogP contribution >= 0.6 is 0 Å². The number of rotatable bonds is 5. The summed E-state index contributed by atoms with van der Waals surface area (Å²) in [5.41, 5.74) is -0.687. The highest BCUT2D eigenvalue weighted by Crippen LogP contribution is 2.30. The van der Waals surface area contributed by atoms with Gasteiger partial charge in [-0.25, -0.2) is 0 Å². The van der Waals surface area contributed by atoms with E-state index in [0.717, 1.165) is 19.3 Å². The van der Waals surface area contributed by atoms with Crippen LogP contribution in [0, 0.1) is 5.92 Å². The van der Waals surface area contributed by atoms with Crippen molar-refractivity contribution in [1.29, 1.82) is 0 Å². The number of carbonyl (C=O) groups excluding carboxylic acids is 1. The van der Waals surface area contributed by atoms with Gasteiger partial charge < -0.3 is 15.5 Å². The quantitative estimate of drug-likeness (QED) is 0.789. The van der Waals surface area contributed by atoms with Gasteiger partial charge in [0.25, 0.3) is 5.91 Å². The van der Waals surface area contributed by atoms with Gasteiger partial charge in [0, 0.05) is 12.5 Å². The van der Waals surface area contributed by atoms with E-state index >= 15 is 0 Å². The van der Waals surface area contributed by atoms with Crippen LogP contribution in [-0.2, 0) is 10.4 Å². The van der Waals surface area contributed by atoms with Crippen molar-refractivity contribution >= 4 is 5.91 Å². The van der Waals surface area contributed by atoms with Crippen LogP contribution in [0.15, 0.2) is 60.7 Å². The normalized spacial score (nSPS) is 20.8. The van der Waals surface area contributed by atoms with Gasteiger partial charge in [-0.1, -0.05) is 67.1 Å². The number of hydrogen-bond donors (Lipinski definition) is 3. The fraction of sp³-hybridized carbons (Fsp3) is 0.350. The molecule has 3 N–H and O–H groups in total. The molecule has 0 bridgehead atoms. The Kier molecular flexibility index (Phi) is 4.97. The summed E-state index contributed by atoms with van der Waals surface area (Å²) in [6.07, 6.45) is 2.29. The van der Waals surface area contributed by atoms with E-state index in [9.17, 15) is 15.0 Å². The van der Waals surface area contributed by atoms with Crippen LogP contribution in [0.1, 0.15) is 30.4 Å². The Morgan fingerprint density at radius 3 is 2.00 bits per heavy atom. The summed E-state index contributed by atoms with van der Waals surface area (Å²) >= 11 is 0. The summed E-state index contributed by atoms with van der Waals surface area (Å²) in [4.78, 5) is 12.9. The van der Waals surface area contributed by atoms with E-state index in [1.54, 1.807) is 48.5 Å². The minimum Gasteiger partial charge on any atom is -0.393 e. The molecule has 126 valence electrons. The molecule has 4 nitrogen and oxygen atoms in total. The van der Waals surface area contributed by atoms with E-state index in [1.165, 1.54) is 0 Å². The van der Waals surface area contributed by atoms with Crippen molar-refractivity contribution in [2.24, 2.45) is 5.92 Å². The highest BCUT2D eigenvalue weighted by molar-refractivity contribution is 5.90. The Bertz CT molecular complexity index is 632. The number of carbonyl (C=O) groups is 1. The lowest BCUT2D eigenvalue weighted by atomic mass is 9.85. The summed E-state index contributed by atoms with van der Waals surface area (Å²) in [6, 6.07) is 17.9. The molecular weight excluding hydrogens is 302 g/mol. The monoisotopic (exact) mass is 325 g/mol. The average Bonchev–Trinajstić information content (AvgIpc) is 3.05. The Balaban J connectivity index is 1.86. The molecule has 0 aromatic heterocycles. The third-order valence-corrected chi connectivity index (χ3v) is 4.86. The molecule has 0 unspecified atom stereocenters. The first-order valence-electron chi connectivity index (χ1n) is 8.42. The smallest absolute Gasteiger partial charge is 0.261 e. The van der Waals surface area contributed by atoms with Gasteiger partial charge in [-0.3, -0.25) is 4.79 Å². The minimum absolute atomic E-state index is 0.0600. The largest absolute Gasteiger partial charge is 0.393 e. The number of aliphatic hydroxyl groups excluding tert-OH is 1. The zero-order valence-electron chi connectivity index (χ0n) is 13.6. The molecule has 1 fully saturated rings. The predicted molar refractivity (Wildman–Crippen MR) is 92.2 cm³/mol. The molecular formula is C20H23NO3. The van der Waals surface area contributed by atoms with Crippen molar-refractivity contribution in [3.63, 3.8) is 0 Å². The number of nitrogens with one attached hydrogen (secondary N) is 1. The minimum atomic E-state index is -1.74. The standard InChI is InChI=1S/C20H23NO3/c22-18-13-7-8-15(18)14-21-19(23)20(24,16-9-3-1-4-10-16)17-11-5-2-6-12-17/h1-6,9-12,15,18,22,24H,7-8,13-14H2,(H,21,23)/t15-,18-/m0/s1. The topological polar surface area (TPSA) is 69.6 Å². The van der Waals surface area contributed by atoms with Crippen molar-refractivity contribution in [3.8, 4) is 0 Å². The maximum Gasteiger partial charge on any atom is 0.261 e. The highest BCUT2D eigenvalue weighted by atomic mass is 16.3. The third kappa shape index (κ3) is 3.21. The molecule has 2 atom stereocenters. The van der Waals surface area contributed by atoms with Crippen LogP contribution in [-0.4, -0.2) is 28.8 Å². The zero-order valence-corrected chi connectivity index (χ0v) is 13.6. The van der Waals surface area contributed by atoms with E-state index < -0.39 is 11.5 Å². The van der Waals surface area contributed by atoms with Crippen LogP contribution in [0.4, 0.5) is 0 Å². The van der Waals surface area contributed by atoms with E-state index in [2.05, 4.69) is 5.32 Å². The zero-order chi connectivity index (χ0) is 17.0. The van der Waals surface area contributed by atoms with Crippen molar-refractivity contribution in [2.75, 3.05) is 6.54 Å². The number of benzene rings is 2. The van der Waals surface area contributed by atoms with E-state index in [1.807, 2.05) is 12.1 Å². The van der Waals surface area contributed by atoms with E-state index in [4.69, 9.17) is 0 Å². The Morgan fingerprint density at radius 2 is 1.54 bits per heavy atom. The predicted octanol–water partition coefficient (Wildman–Crippen LogP) is 2.20. The summed E-state index contributed by atoms with van der Waals surface area (Å²) in [6.45, 7) is 0.377. The second-order valence-electron chi connectivity index (χ2n) is 6.41. The fourth-order valence-corrected chi connectivity index (χ4v) is 3.39. The Morgan fingerprint density at radius 1 is 1.00 bits per heavy atom. The molecule has 0 radical (unpaired) electrons. The van der Waals surface area contributed by atoms with Gasteiger partial charge in [-0.2, -0.15) is 0 Å². The molecule has 0 spiro atoms. The van der Waals surface area contributed by atoms with Crippen LogP contribution in [0.25, 0.3) is 0 Å². The maximum absolute atomic E-state index is 12.9. The average molecular weight is 325 g/mol. The molecule has 1 aliphatic carbocycles. The second kappa shape index (κ2) is 7.16. The van der Waals surface area contributed by atoms with Crippen molar-refractivity contribution < 1.29 is 15.0 Å². The number of aliphatic hydroxyl groups is 2.